The van der Waals surface area contributed by atoms with Gasteiger partial charge >= 0.3 is 0 Å². The minimum atomic E-state index is -0.0543. The SMILES string of the molecule is CC1COC(c2ccccc2)CN1C(=O)CCOc1ccccc1. The summed E-state index contributed by atoms with van der Waals surface area (Å²) in [4.78, 5) is 14.5. The van der Waals surface area contributed by atoms with Crippen molar-refractivity contribution in [3.63, 3.8) is 0 Å². The van der Waals surface area contributed by atoms with Crippen LogP contribution in [0.4, 0.5) is 0 Å². The monoisotopic (exact) mass is 325 g/mol. The van der Waals surface area contributed by atoms with Crippen molar-refractivity contribution in [1.82, 2.24) is 4.90 Å². The van der Waals surface area contributed by atoms with Gasteiger partial charge in [0.05, 0.1) is 32.2 Å². The summed E-state index contributed by atoms with van der Waals surface area (Å²) in [5.41, 5.74) is 1.11. The van der Waals surface area contributed by atoms with E-state index in [2.05, 4.69) is 0 Å². The molecule has 0 aromatic heterocycles. The van der Waals surface area contributed by atoms with E-state index in [4.69, 9.17) is 9.47 Å². The van der Waals surface area contributed by atoms with Crippen LogP contribution in [-0.2, 0) is 9.53 Å². The number of amides is 1. The summed E-state index contributed by atoms with van der Waals surface area (Å²) in [6.45, 7) is 3.57. The highest BCUT2D eigenvalue weighted by atomic mass is 16.5. The first-order valence-corrected chi connectivity index (χ1v) is 8.38. The fourth-order valence-electron chi connectivity index (χ4n) is 2.89. The summed E-state index contributed by atoms with van der Waals surface area (Å²) in [6, 6.07) is 19.7. The van der Waals surface area contributed by atoms with Gasteiger partial charge in [-0.3, -0.25) is 4.79 Å². The lowest BCUT2D eigenvalue weighted by Gasteiger charge is -2.38. The van der Waals surface area contributed by atoms with Gasteiger partial charge in [-0.05, 0) is 24.6 Å². The molecule has 0 saturated carbocycles. The zero-order valence-electron chi connectivity index (χ0n) is 13.9. The van der Waals surface area contributed by atoms with Crippen molar-refractivity contribution in [2.45, 2.75) is 25.5 Å². The summed E-state index contributed by atoms with van der Waals surface area (Å²) in [5, 5.41) is 0. The van der Waals surface area contributed by atoms with Gasteiger partial charge in [0.2, 0.25) is 5.91 Å². The Morgan fingerprint density at radius 1 is 1.12 bits per heavy atom. The highest BCUT2D eigenvalue weighted by molar-refractivity contribution is 5.76. The number of nitrogens with zero attached hydrogens (tertiary/aromatic N) is 1. The summed E-state index contributed by atoms with van der Waals surface area (Å²) in [5.74, 6) is 0.908. The maximum Gasteiger partial charge on any atom is 0.226 e. The molecule has 0 radical (unpaired) electrons. The number of hydrogen-bond acceptors (Lipinski definition) is 3. The molecular formula is C20H23NO3. The molecule has 0 bridgehead atoms. The highest BCUT2D eigenvalue weighted by Crippen LogP contribution is 2.25. The number of ether oxygens (including phenoxy) is 2. The summed E-state index contributed by atoms with van der Waals surface area (Å²) < 4.78 is 11.5. The minimum absolute atomic E-state index is 0.0543. The molecule has 1 heterocycles. The summed E-state index contributed by atoms with van der Waals surface area (Å²) in [7, 11) is 0. The topological polar surface area (TPSA) is 38.8 Å². The van der Waals surface area contributed by atoms with Crippen LogP contribution in [0.2, 0.25) is 0 Å². The average molecular weight is 325 g/mol. The Bertz CT molecular complexity index is 644. The van der Waals surface area contributed by atoms with Gasteiger partial charge in [0.25, 0.3) is 0 Å². The number of para-hydroxylation sites is 1. The van der Waals surface area contributed by atoms with Gasteiger partial charge < -0.3 is 14.4 Å². The van der Waals surface area contributed by atoms with Crippen molar-refractivity contribution in [2.24, 2.45) is 0 Å². The van der Waals surface area contributed by atoms with Crippen LogP contribution < -0.4 is 4.74 Å². The maximum atomic E-state index is 12.6. The summed E-state index contributed by atoms with van der Waals surface area (Å²) in [6.07, 6.45) is 0.321. The average Bonchev–Trinajstić information content (AvgIpc) is 2.63. The second kappa shape index (κ2) is 7.97. The van der Waals surface area contributed by atoms with Crippen LogP contribution in [0.5, 0.6) is 5.75 Å². The smallest absolute Gasteiger partial charge is 0.226 e. The third-order valence-electron chi connectivity index (χ3n) is 4.25. The van der Waals surface area contributed by atoms with Gasteiger partial charge in [-0.1, -0.05) is 48.5 Å². The van der Waals surface area contributed by atoms with E-state index in [0.29, 0.717) is 26.2 Å². The van der Waals surface area contributed by atoms with Crippen molar-refractivity contribution >= 4 is 5.91 Å². The van der Waals surface area contributed by atoms with E-state index in [1.165, 1.54) is 0 Å². The third-order valence-corrected chi connectivity index (χ3v) is 4.25. The Balaban J connectivity index is 1.54. The number of rotatable bonds is 5. The molecular weight excluding hydrogens is 302 g/mol. The fraction of sp³-hybridized carbons (Fsp3) is 0.350. The molecule has 1 fully saturated rings. The molecule has 0 aliphatic carbocycles. The predicted molar refractivity (Wildman–Crippen MR) is 92.9 cm³/mol. The van der Waals surface area contributed by atoms with Gasteiger partial charge in [0, 0.05) is 0 Å². The minimum Gasteiger partial charge on any atom is -0.493 e. The van der Waals surface area contributed by atoms with Gasteiger partial charge in [0.1, 0.15) is 11.9 Å². The number of morpholine rings is 1. The molecule has 1 aliphatic rings. The Kier molecular flexibility index (Phi) is 5.49. The molecule has 0 N–H and O–H groups in total. The molecule has 0 spiro atoms. The number of carbonyl (C=O) groups excluding carboxylic acids is 1. The molecule has 2 aromatic rings. The standard InChI is InChI=1S/C20H23NO3/c1-16-15-24-19(17-8-4-2-5-9-17)14-21(16)20(22)12-13-23-18-10-6-3-7-11-18/h2-11,16,19H,12-15H2,1H3. The largest absolute Gasteiger partial charge is 0.493 e. The molecule has 2 aromatic carbocycles. The van der Waals surface area contributed by atoms with Crippen LogP contribution in [0.1, 0.15) is 25.0 Å². The lowest BCUT2D eigenvalue weighted by Crippen LogP contribution is -2.48. The van der Waals surface area contributed by atoms with E-state index in [0.717, 1.165) is 11.3 Å². The third kappa shape index (κ3) is 4.15. The molecule has 1 saturated heterocycles. The quantitative estimate of drug-likeness (QED) is 0.845. The lowest BCUT2D eigenvalue weighted by atomic mass is 10.1. The molecule has 1 aliphatic heterocycles. The zero-order chi connectivity index (χ0) is 16.8. The van der Waals surface area contributed by atoms with Gasteiger partial charge in [-0.15, -0.1) is 0 Å². The first kappa shape index (κ1) is 16.5. The maximum absolute atomic E-state index is 12.6. The highest BCUT2D eigenvalue weighted by Gasteiger charge is 2.30. The van der Waals surface area contributed by atoms with Crippen LogP contribution in [0, 0.1) is 0 Å². The van der Waals surface area contributed by atoms with Crippen LogP contribution in [0.3, 0.4) is 0 Å². The molecule has 1 amide bonds. The van der Waals surface area contributed by atoms with Gasteiger partial charge in [-0.25, -0.2) is 0 Å². The second-order valence-corrected chi connectivity index (χ2v) is 6.04. The second-order valence-electron chi connectivity index (χ2n) is 6.04. The van der Waals surface area contributed by atoms with E-state index < -0.39 is 0 Å². The van der Waals surface area contributed by atoms with Gasteiger partial charge in [-0.2, -0.15) is 0 Å². The lowest BCUT2D eigenvalue weighted by molar-refractivity contribution is -0.145. The van der Waals surface area contributed by atoms with Crippen LogP contribution in [-0.4, -0.2) is 36.6 Å². The van der Waals surface area contributed by atoms with Crippen LogP contribution in [0.25, 0.3) is 0 Å². The first-order valence-electron chi connectivity index (χ1n) is 8.38. The normalized spacial score (nSPS) is 20.6. The molecule has 3 rings (SSSR count). The van der Waals surface area contributed by atoms with Crippen molar-refractivity contribution in [3.05, 3.63) is 66.2 Å². The molecule has 4 heteroatoms. The first-order chi connectivity index (χ1) is 11.7. The van der Waals surface area contributed by atoms with Crippen molar-refractivity contribution in [2.75, 3.05) is 19.8 Å². The van der Waals surface area contributed by atoms with E-state index in [-0.39, 0.29) is 18.1 Å². The Morgan fingerprint density at radius 3 is 2.50 bits per heavy atom. The number of carbonyl (C=O) groups is 1. The van der Waals surface area contributed by atoms with E-state index in [1.807, 2.05) is 72.5 Å². The van der Waals surface area contributed by atoms with Crippen LogP contribution in [0.15, 0.2) is 60.7 Å². The number of hydrogen-bond donors (Lipinski definition) is 0. The van der Waals surface area contributed by atoms with Crippen LogP contribution >= 0.6 is 0 Å². The Labute approximate surface area is 143 Å². The van der Waals surface area contributed by atoms with E-state index in [9.17, 15) is 4.79 Å². The molecule has 2 atom stereocenters. The zero-order valence-corrected chi connectivity index (χ0v) is 13.9. The van der Waals surface area contributed by atoms with E-state index >= 15 is 0 Å². The van der Waals surface area contributed by atoms with E-state index in [1.54, 1.807) is 0 Å². The molecule has 4 nitrogen and oxygen atoms in total. The van der Waals surface area contributed by atoms with Gasteiger partial charge in [0.15, 0.2) is 0 Å². The number of benzene rings is 2. The Morgan fingerprint density at radius 2 is 1.79 bits per heavy atom. The molecule has 24 heavy (non-hydrogen) atoms. The molecule has 2 unspecified atom stereocenters. The van der Waals surface area contributed by atoms with Crippen molar-refractivity contribution in [1.29, 1.82) is 0 Å². The van der Waals surface area contributed by atoms with Crippen molar-refractivity contribution < 1.29 is 14.3 Å². The fourth-order valence-corrected chi connectivity index (χ4v) is 2.89. The predicted octanol–water partition coefficient (Wildman–Crippen LogP) is 3.44. The Hall–Kier alpha value is -2.33. The van der Waals surface area contributed by atoms with Crippen molar-refractivity contribution in [3.8, 4) is 5.75 Å². The molecule has 126 valence electrons. The summed E-state index contributed by atoms with van der Waals surface area (Å²) >= 11 is 0.